The average molecular weight is 359 g/mol. The molecule has 132 valence electrons. The molecule has 0 radical (unpaired) electrons. The number of benzene rings is 2. The second-order valence-corrected chi connectivity index (χ2v) is 8.23. The standard InChI is InChI=1S/C19H21NO4S/c1-14-5-10-18(15(2)13-14)24-19(21)16-6-8-17(9-7-16)25(22,23)20-11-3-4-12-20/h5-10,13H,3-4,11-12H2,1-2H3. The van der Waals surface area contributed by atoms with Crippen LogP contribution in [-0.2, 0) is 10.0 Å². The first-order valence-corrected chi connectivity index (χ1v) is 9.71. The topological polar surface area (TPSA) is 63.7 Å². The molecule has 0 saturated carbocycles. The first-order chi connectivity index (χ1) is 11.9. The Kier molecular flexibility index (Phi) is 4.92. The number of sulfonamides is 1. The second-order valence-electron chi connectivity index (χ2n) is 6.29. The number of rotatable bonds is 4. The molecule has 5 nitrogen and oxygen atoms in total. The van der Waals surface area contributed by atoms with E-state index in [4.69, 9.17) is 4.74 Å². The molecule has 6 heteroatoms. The van der Waals surface area contributed by atoms with Crippen LogP contribution < -0.4 is 4.74 Å². The summed E-state index contributed by atoms with van der Waals surface area (Å²) in [6.45, 7) is 4.96. The summed E-state index contributed by atoms with van der Waals surface area (Å²) in [5.41, 5.74) is 2.29. The Morgan fingerprint density at radius 1 is 1.00 bits per heavy atom. The molecule has 2 aromatic carbocycles. The van der Waals surface area contributed by atoms with Crippen LogP contribution in [-0.4, -0.2) is 31.8 Å². The molecule has 0 aliphatic carbocycles. The number of hydrogen-bond acceptors (Lipinski definition) is 4. The highest BCUT2D eigenvalue weighted by Gasteiger charge is 2.27. The van der Waals surface area contributed by atoms with Gasteiger partial charge in [-0.05, 0) is 62.6 Å². The highest BCUT2D eigenvalue weighted by Crippen LogP contribution is 2.23. The van der Waals surface area contributed by atoms with Gasteiger partial charge in [0.2, 0.25) is 10.0 Å². The summed E-state index contributed by atoms with van der Waals surface area (Å²) in [5.74, 6) is 0.00133. The van der Waals surface area contributed by atoms with Gasteiger partial charge in [-0.1, -0.05) is 17.7 Å². The molecule has 2 aromatic rings. The normalized spacial score (nSPS) is 15.3. The molecule has 0 spiro atoms. The zero-order valence-corrected chi connectivity index (χ0v) is 15.2. The molecule has 1 aliphatic rings. The third-order valence-electron chi connectivity index (χ3n) is 4.33. The molecule has 0 unspecified atom stereocenters. The van der Waals surface area contributed by atoms with E-state index < -0.39 is 16.0 Å². The van der Waals surface area contributed by atoms with Crippen LogP contribution in [0.4, 0.5) is 0 Å². The van der Waals surface area contributed by atoms with Crippen LogP contribution in [0.2, 0.25) is 0 Å². The van der Waals surface area contributed by atoms with E-state index in [1.165, 1.54) is 28.6 Å². The molecule has 0 atom stereocenters. The number of ether oxygens (including phenoxy) is 1. The highest BCUT2D eigenvalue weighted by molar-refractivity contribution is 7.89. The lowest BCUT2D eigenvalue weighted by atomic mass is 10.1. The zero-order chi connectivity index (χ0) is 18.0. The monoisotopic (exact) mass is 359 g/mol. The van der Waals surface area contributed by atoms with Crippen molar-refractivity contribution >= 4 is 16.0 Å². The van der Waals surface area contributed by atoms with E-state index in [-0.39, 0.29) is 4.90 Å². The van der Waals surface area contributed by atoms with E-state index in [0.717, 1.165) is 24.0 Å². The van der Waals surface area contributed by atoms with Crippen LogP contribution in [0.3, 0.4) is 0 Å². The molecule has 0 amide bonds. The van der Waals surface area contributed by atoms with Gasteiger partial charge in [0.05, 0.1) is 10.5 Å². The van der Waals surface area contributed by atoms with Crippen LogP contribution >= 0.6 is 0 Å². The Morgan fingerprint density at radius 2 is 1.64 bits per heavy atom. The van der Waals surface area contributed by atoms with Gasteiger partial charge in [-0.3, -0.25) is 0 Å². The molecule has 1 fully saturated rings. The average Bonchev–Trinajstić information content (AvgIpc) is 3.13. The minimum atomic E-state index is -3.47. The smallest absolute Gasteiger partial charge is 0.343 e. The fraction of sp³-hybridized carbons (Fsp3) is 0.316. The summed E-state index contributed by atoms with van der Waals surface area (Å²) < 4.78 is 31.9. The number of aryl methyl sites for hydroxylation is 2. The molecule has 0 N–H and O–H groups in total. The molecule has 1 saturated heterocycles. The lowest BCUT2D eigenvalue weighted by Gasteiger charge is -2.15. The maximum absolute atomic E-state index is 12.5. The first-order valence-electron chi connectivity index (χ1n) is 8.27. The summed E-state index contributed by atoms with van der Waals surface area (Å²) in [5, 5.41) is 0. The van der Waals surface area contributed by atoms with Gasteiger partial charge in [-0.15, -0.1) is 0 Å². The fourth-order valence-corrected chi connectivity index (χ4v) is 4.43. The largest absolute Gasteiger partial charge is 0.423 e. The van der Waals surface area contributed by atoms with E-state index in [1.54, 1.807) is 6.07 Å². The molecule has 3 rings (SSSR count). The van der Waals surface area contributed by atoms with Gasteiger partial charge in [-0.2, -0.15) is 4.31 Å². The van der Waals surface area contributed by atoms with Gasteiger partial charge in [0.25, 0.3) is 0 Å². The van der Waals surface area contributed by atoms with Gasteiger partial charge < -0.3 is 4.74 Å². The van der Waals surface area contributed by atoms with Crippen molar-refractivity contribution in [3.8, 4) is 5.75 Å². The van der Waals surface area contributed by atoms with Crippen molar-refractivity contribution in [3.63, 3.8) is 0 Å². The van der Waals surface area contributed by atoms with E-state index >= 15 is 0 Å². The Balaban J connectivity index is 1.76. The minimum absolute atomic E-state index is 0.206. The number of carbonyl (C=O) groups excluding carboxylic acids is 1. The van der Waals surface area contributed by atoms with Crippen molar-refractivity contribution in [2.45, 2.75) is 31.6 Å². The Morgan fingerprint density at radius 3 is 2.24 bits per heavy atom. The zero-order valence-electron chi connectivity index (χ0n) is 14.4. The van der Waals surface area contributed by atoms with Crippen molar-refractivity contribution in [2.75, 3.05) is 13.1 Å². The summed E-state index contributed by atoms with van der Waals surface area (Å²) in [6, 6.07) is 11.5. The molecular weight excluding hydrogens is 338 g/mol. The lowest BCUT2D eigenvalue weighted by molar-refractivity contribution is 0.0733. The van der Waals surface area contributed by atoms with Crippen molar-refractivity contribution in [3.05, 3.63) is 59.2 Å². The predicted octanol–water partition coefficient (Wildman–Crippen LogP) is 3.31. The van der Waals surface area contributed by atoms with Crippen molar-refractivity contribution in [1.82, 2.24) is 4.31 Å². The van der Waals surface area contributed by atoms with Gasteiger partial charge in [0.15, 0.2) is 0 Å². The van der Waals surface area contributed by atoms with Gasteiger partial charge >= 0.3 is 5.97 Å². The third-order valence-corrected chi connectivity index (χ3v) is 6.24. The van der Waals surface area contributed by atoms with E-state index in [1.807, 2.05) is 26.0 Å². The number of esters is 1. The summed E-state index contributed by atoms with van der Waals surface area (Å²) in [4.78, 5) is 12.5. The van der Waals surface area contributed by atoms with Crippen molar-refractivity contribution in [1.29, 1.82) is 0 Å². The second kappa shape index (κ2) is 6.98. The number of hydrogen-bond donors (Lipinski definition) is 0. The minimum Gasteiger partial charge on any atom is -0.423 e. The summed E-state index contributed by atoms with van der Waals surface area (Å²) in [6.07, 6.45) is 1.78. The van der Waals surface area contributed by atoms with Crippen molar-refractivity contribution < 1.29 is 17.9 Å². The highest BCUT2D eigenvalue weighted by atomic mass is 32.2. The molecular formula is C19H21NO4S. The lowest BCUT2D eigenvalue weighted by Crippen LogP contribution is -2.27. The Hall–Kier alpha value is -2.18. The molecule has 0 aromatic heterocycles. The van der Waals surface area contributed by atoms with Crippen LogP contribution in [0.1, 0.15) is 34.3 Å². The quantitative estimate of drug-likeness (QED) is 0.621. The third kappa shape index (κ3) is 3.75. The van der Waals surface area contributed by atoms with E-state index in [2.05, 4.69) is 0 Å². The summed E-state index contributed by atoms with van der Waals surface area (Å²) in [7, 11) is -3.47. The van der Waals surface area contributed by atoms with Crippen LogP contribution in [0, 0.1) is 13.8 Å². The Bertz CT molecular complexity index is 882. The van der Waals surface area contributed by atoms with Crippen LogP contribution in [0.5, 0.6) is 5.75 Å². The molecule has 0 bridgehead atoms. The van der Waals surface area contributed by atoms with Crippen LogP contribution in [0.15, 0.2) is 47.4 Å². The Labute approximate surface area is 148 Å². The van der Waals surface area contributed by atoms with Crippen molar-refractivity contribution in [2.24, 2.45) is 0 Å². The van der Waals surface area contributed by atoms with Gasteiger partial charge in [0.1, 0.15) is 5.75 Å². The van der Waals surface area contributed by atoms with Gasteiger partial charge in [-0.25, -0.2) is 13.2 Å². The molecule has 1 heterocycles. The maximum Gasteiger partial charge on any atom is 0.343 e. The number of carbonyl (C=O) groups is 1. The maximum atomic E-state index is 12.5. The predicted molar refractivity (Wildman–Crippen MR) is 95.3 cm³/mol. The summed E-state index contributed by atoms with van der Waals surface area (Å²) >= 11 is 0. The van der Waals surface area contributed by atoms with Gasteiger partial charge in [0, 0.05) is 13.1 Å². The fourth-order valence-electron chi connectivity index (χ4n) is 2.91. The van der Waals surface area contributed by atoms with E-state index in [9.17, 15) is 13.2 Å². The van der Waals surface area contributed by atoms with Crippen LogP contribution in [0.25, 0.3) is 0 Å². The number of nitrogens with zero attached hydrogens (tertiary/aromatic N) is 1. The SMILES string of the molecule is Cc1ccc(OC(=O)c2ccc(S(=O)(=O)N3CCCC3)cc2)c(C)c1. The molecule has 25 heavy (non-hydrogen) atoms. The first kappa shape index (κ1) is 17.6. The molecule has 1 aliphatic heterocycles. The van der Waals surface area contributed by atoms with E-state index in [0.29, 0.717) is 24.4 Å².